The van der Waals surface area contributed by atoms with Crippen LogP contribution in [0, 0.1) is 0 Å². The minimum atomic E-state index is -4.56. The van der Waals surface area contributed by atoms with Crippen LogP contribution < -0.4 is 15.8 Å². The van der Waals surface area contributed by atoms with Crippen molar-refractivity contribution in [3.63, 3.8) is 0 Å². The number of aromatic nitrogens is 1. The Kier molecular flexibility index (Phi) is 5.52. The predicted molar refractivity (Wildman–Crippen MR) is 112 cm³/mol. The quantitative estimate of drug-likeness (QED) is 0.622. The highest BCUT2D eigenvalue weighted by Crippen LogP contribution is 2.35. The third kappa shape index (κ3) is 4.11. The van der Waals surface area contributed by atoms with Crippen molar-refractivity contribution in [1.29, 1.82) is 0 Å². The molecule has 1 amide bonds. The number of methoxy groups -OCH3 is 1. The Morgan fingerprint density at radius 1 is 1.12 bits per heavy atom. The minimum absolute atomic E-state index is 0.0189. The van der Waals surface area contributed by atoms with Crippen LogP contribution in [0.15, 0.2) is 60.8 Å². The number of amides is 1. The van der Waals surface area contributed by atoms with Crippen molar-refractivity contribution in [2.75, 3.05) is 26.1 Å². The average Bonchev–Trinajstić information content (AvgIpc) is 2.76. The lowest BCUT2D eigenvalue weighted by Crippen LogP contribution is -2.59. The van der Waals surface area contributed by atoms with Gasteiger partial charge in [0.05, 0.1) is 20.3 Å². The number of hydrogen-bond acceptors (Lipinski definition) is 5. The van der Waals surface area contributed by atoms with Gasteiger partial charge in [-0.1, -0.05) is 24.3 Å². The maximum absolute atomic E-state index is 12.8. The maximum atomic E-state index is 12.8. The average molecular weight is 443 g/mol. The van der Waals surface area contributed by atoms with Crippen LogP contribution in [0.3, 0.4) is 0 Å². The lowest BCUT2D eigenvalue weighted by atomic mass is 9.86. The summed E-state index contributed by atoms with van der Waals surface area (Å²) in [5.41, 5.74) is 6.39. The number of nitrogens with two attached hydrogens (primary N) is 1. The molecule has 0 aliphatic carbocycles. The lowest BCUT2D eigenvalue weighted by molar-refractivity contribution is -0.141. The first-order valence-corrected chi connectivity index (χ1v) is 9.70. The smallest absolute Gasteiger partial charge is 0.433 e. The van der Waals surface area contributed by atoms with Crippen molar-refractivity contribution in [3.05, 3.63) is 77.6 Å². The molecule has 0 radical (unpaired) electrons. The van der Waals surface area contributed by atoms with E-state index < -0.39 is 17.4 Å². The zero-order valence-corrected chi connectivity index (χ0v) is 17.1. The number of alkyl halides is 3. The first-order valence-electron chi connectivity index (χ1n) is 9.70. The summed E-state index contributed by atoms with van der Waals surface area (Å²) in [5, 5.41) is 3.03. The zero-order valence-electron chi connectivity index (χ0n) is 17.1. The minimum Gasteiger partial charge on any atom is -0.497 e. The van der Waals surface area contributed by atoms with Gasteiger partial charge in [0.15, 0.2) is 0 Å². The van der Waals surface area contributed by atoms with Crippen molar-refractivity contribution < 1.29 is 27.4 Å². The van der Waals surface area contributed by atoms with Crippen LogP contribution in [-0.4, -0.2) is 31.2 Å². The zero-order chi connectivity index (χ0) is 22.9. The van der Waals surface area contributed by atoms with Crippen molar-refractivity contribution in [3.8, 4) is 16.9 Å². The van der Waals surface area contributed by atoms with E-state index in [1.54, 1.807) is 55.6 Å². The second-order valence-electron chi connectivity index (χ2n) is 7.49. The second-order valence-corrected chi connectivity index (χ2v) is 7.49. The van der Waals surface area contributed by atoms with Gasteiger partial charge in [-0.05, 0) is 41.5 Å². The van der Waals surface area contributed by atoms with Crippen molar-refractivity contribution in [2.24, 2.45) is 0 Å². The molecule has 1 aromatic heterocycles. The molecule has 166 valence electrons. The first-order chi connectivity index (χ1) is 15.2. The Morgan fingerprint density at radius 3 is 2.28 bits per heavy atom. The molecule has 2 heterocycles. The van der Waals surface area contributed by atoms with Gasteiger partial charge in [0.25, 0.3) is 5.91 Å². The Bertz CT molecular complexity index is 1130. The lowest BCUT2D eigenvalue weighted by Gasteiger charge is -2.42. The molecule has 3 aromatic rings. The van der Waals surface area contributed by atoms with Crippen LogP contribution in [0.4, 0.5) is 18.9 Å². The van der Waals surface area contributed by atoms with Gasteiger partial charge >= 0.3 is 6.18 Å². The van der Waals surface area contributed by atoms with Crippen LogP contribution in [0.5, 0.6) is 5.75 Å². The van der Waals surface area contributed by atoms with Crippen LogP contribution in [0.2, 0.25) is 0 Å². The summed E-state index contributed by atoms with van der Waals surface area (Å²) in [7, 11) is 1.55. The molecule has 0 bridgehead atoms. The number of anilines is 1. The number of hydrogen-bond donors (Lipinski definition) is 2. The molecular formula is C23H20F3N3O3. The SMILES string of the molecule is COc1ccc(C(=O)NC2(c3ccc(-c4cnc(C(F)(F)F)cc4N)cc3)COC2)cc1. The summed E-state index contributed by atoms with van der Waals surface area (Å²) in [5.74, 6) is 0.395. The largest absolute Gasteiger partial charge is 0.497 e. The van der Waals surface area contributed by atoms with E-state index in [0.29, 0.717) is 35.7 Å². The summed E-state index contributed by atoms with van der Waals surface area (Å²) in [4.78, 5) is 16.2. The fraction of sp³-hybridized carbons (Fsp3) is 0.217. The molecule has 1 aliphatic rings. The van der Waals surface area contributed by atoms with Gasteiger partial charge in [-0.25, -0.2) is 0 Å². The van der Waals surface area contributed by atoms with Gasteiger partial charge in [0.2, 0.25) is 0 Å². The highest BCUT2D eigenvalue weighted by atomic mass is 19.4. The second kappa shape index (κ2) is 8.16. The third-order valence-electron chi connectivity index (χ3n) is 5.38. The van der Waals surface area contributed by atoms with Gasteiger partial charge in [-0.3, -0.25) is 9.78 Å². The third-order valence-corrected chi connectivity index (χ3v) is 5.38. The maximum Gasteiger partial charge on any atom is 0.433 e. The molecule has 6 nitrogen and oxygen atoms in total. The van der Waals surface area contributed by atoms with E-state index in [-0.39, 0.29) is 11.6 Å². The van der Waals surface area contributed by atoms with E-state index in [1.165, 1.54) is 0 Å². The molecule has 1 saturated heterocycles. The Morgan fingerprint density at radius 2 is 1.78 bits per heavy atom. The first kappa shape index (κ1) is 21.6. The molecule has 0 unspecified atom stereocenters. The van der Waals surface area contributed by atoms with Crippen molar-refractivity contribution in [2.45, 2.75) is 11.7 Å². The van der Waals surface area contributed by atoms with Gasteiger partial charge in [0.1, 0.15) is 17.0 Å². The molecule has 0 saturated carbocycles. The highest BCUT2D eigenvalue weighted by molar-refractivity contribution is 5.95. The number of nitrogens with one attached hydrogen (secondary N) is 1. The van der Waals surface area contributed by atoms with Gasteiger partial charge < -0.3 is 20.5 Å². The fourth-order valence-corrected chi connectivity index (χ4v) is 3.49. The van der Waals surface area contributed by atoms with Gasteiger partial charge in [-0.2, -0.15) is 13.2 Å². The van der Waals surface area contributed by atoms with Gasteiger partial charge in [-0.15, -0.1) is 0 Å². The predicted octanol–water partition coefficient (Wildman–Crippen LogP) is 4.01. The topological polar surface area (TPSA) is 86.5 Å². The summed E-state index contributed by atoms with van der Waals surface area (Å²) in [6, 6.07) is 14.6. The fourth-order valence-electron chi connectivity index (χ4n) is 3.49. The molecule has 4 rings (SSSR count). The van der Waals surface area contributed by atoms with Crippen LogP contribution in [0.25, 0.3) is 11.1 Å². The van der Waals surface area contributed by atoms with Crippen LogP contribution in [-0.2, 0) is 16.5 Å². The number of nitrogens with zero attached hydrogens (tertiary/aromatic N) is 1. The number of pyridine rings is 1. The summed E-state index contributed by atoms with van der Waals surface area (Å²) >= 11 is 0. The van der Waals surface area contributed by atoms with Crippen LogP contribution >= 0.6 is 0 Å². The standard InChI is InChI=1S/C23H20F3N3O3/c1-31-17-8-4-15(5-9-17)21(30)29-22(12-32-13-22)16-6-2-14(3-7-16)18-11-28-20(10-19(18)27)23(24,25)26/h2-11H,12-13H2,1H3,(H2,27,28)(H,29,30). The Hall–Kier alpha value is -3.59. The number of nitrogen functional groups attached to an aromatic ring is 1. The Labute approximate surface area is 182 Å². The summed E-state index contributed by atoms with van der Waals surface area (Å²) < 4.78 is 49.0. The van der Waals surface area contributed by atoms with Crippen LogP contribution in [0.1, 0.15) is 21.6 Å². The summed E-state index contributed by atoms with van der Waals surface area (Å²) in [6.07, 6.45) is -3.45. The van der Waals surface area contributed by atoms with E-state index in [1.807, 2.05) is 0 Å². The van der Waals surface area contributed by atoms with E-state index in [9.17, 15) is 18.0 Å². The van der Waals surface area contributed by atoms with E-state index >= 15 is 0 Å². The molecule has 1 aliphatic heterocycles. The van der Waals surface area contributed by atoms with Crippen molar-refractivity contribution >= 4 is 11.6 Å². The number of rotatable bonds is 5. The number of ether oxygens (including phenoxy) is 2. The van der Waals surface area contributed by atoms with E-state index in [2.05, 4.69) is 10.3 Å². The van der Waals surface area contributed by atoms with Gasteiger partial charge in [0, 0.05) is 23.0 Å². The van der Waals surface area contributed by atoms with E-state index in [4.69, 9.17) is 15.2 Å². The molecular weight excluding hydrogens is 423 g/mol. The highest BCUT2D eigenvalue weighted by Gasteiger charge is 2.42. The molecule has 2 aromatic carbocycles. The van der Waals surface area contributed by atoms with E-state index in [0.717, 1.165) is 17.8 Å². The number of carbonyl (C=O) groups excluding carboxylic acids is 1. The normalized spacial score (nSPS) is 15.0. The number of halogens is 3. The molecule has 0 spiro atoms. The summed E-state index contributed by atoms with van der Waals surface area (Å²) in [6.45, 7) is 0.608. The molecule has 1 fully saturated rings. The monoisotopic (exact) mass is 443 g/mol. The number of benzene rings is 2. The molecule has 32 heavy (non-hydrogen) atoms. The molecule has 9 heteroatoms. The number of carbonyl (C=O) groups is 1. The van der Waals surface area contributed by atoms with Crippen molar-refractivity contribution in [1.82, 2.24) is 10.3 Å². The molecule has 3 N–H and O–H groups in total. The molecule has 0 atom stereocenters. The Balaban J connectivity index is 1.55.